The molecule has 0 bridgehead atoms. The van der Waals surface area contributed by atoms with E-state index >= 15 is 0 Å². The lowest BCUT2D eigenvalue weighted by molar-refractivity contribution is 0.0630. The Bertz CT molecular complexity index is 1120. The molecule has 0 N–H and O–H groups in total. The van der Waals surface area contributed by atoms with Crippen LogP contribution in [0.5, 0.6) is 0 Å². The topological polar surface area (TPSA) is 72.3 Å². The van der Waals surface area contributed by atoms with Crippen LogP contribution in [0.2, 0.25) is 0 Å². The van der Waals surface area contributed by atoms with Gasteiger partial charge in [0.05, 0.1) is 0 Å². The summed E-state index contributed by atoms with van der Waals surface area (Å²) in [6.07, 6.45) is 1.51. The second-order valence-electron chi connectivity index (χ2n) is 7.58. The van der Waals surface area contributed by atoms with E-state index in [0.717, 1.165) is 28.7 Å². The number of aromatic nitrogens is 2. The number of ketones is 1. The fourth-order valence-electron chi connectivity index (χ4n) is 3.85. The molecule has 1 atom stereocenters. The summed E-state index contributed by atoms with van der Waals surface area (Å²) in [5, 5.41) is 4.04. The molecule has 6 heteroatoms. The predicted octanol–water partition coefficient (Wildman–Crippen LogP) is 3.18. The van der Waals surface area contributed by atoms with Gasteiger partial charge in [0.2, 0.25) is 0 Å². The van der Waals surface area contributed by atoms with Crippen LogP contribution in [0.4, 0.5) is 0 Å². The maximum atomic E-state index is 13.1. The van der Waals surface area contributed by atoms with Crippen LogP contribution in [0, 0.1) is 5.92 Å². The first-order valence-corrected chi connectivity index (χ1v) is 10.1. The molecule has 1 amide bonds. The molecule has 0 radical (unpaired) electrons. The van der Waals surface area contributed by atoms with Crippen molar-refractivity contribution in [2.24, 2.45) is 13.0 Å². The van der Waals surface area contributed by atoms with E-state index in [4.69, 9.17) is 0 Å². The molecule has 2 aromatic carbocycles. The number of carbonyl (C=O) groups excluding carboxylic acids is 2. The highest BCUT2D eigenvalue weighted by Crippen LogP contribution is 2.24. The van der Waals surface area contributed by atoms with Crippen LogP contribution in [0.1, 0.15) is 33.7 Å². The number of likely N-dealkylation sites (tertiary alicyclic amines) is 1. The lowest BCUT2D eigenvalue weighted by Gasteiger charge is -2.31. The Balaban J connectivity index is 1.47. The van der Waals surface area contributed by atoms with Crippen molar-refractivity contribution >= 4 is 11.7 Å². The fraction of sp³-hybridized carbons (Fsp3) is 0.250. The smallest absolute Gasteiger partial charge is 0.274 e. The van der Waals surface area contributed by atoms with Gasteiger partial charge in [0, 0.05) is 37.7 Å². The summed E-state index contributed by atoms with van der Waals surface area (Å²) >= 11 is 0. The number of Topliss-reactive ketones (excluding diaryl/α,β-unsaturated/α-hetero) is 1. The van der Waals surface area contributed by atoms with Gasteiger partial charge in [0.15, 0.2) is 5.78 Å². The Kier molecular flexibility index (Phi) is 5.57. The summed E-state index contributed by atoms with van der Waals surface area (Å²) in [4.78, 5) is 39.0. The van der Waals surface area contributed by atoms with E-state index in [1.807, 2.05) is 54.6 Å². The lowest BCUT2D eigenvalue weighted by atomic mass is 9.89. The third kappa shape index (κ3) is 4.08. The van der Waals surface area contributed by atoms with E-state index in [9.17, 15) is 14.4 Å². The van der Waals surface area contributed by atoms with Gasteiger partial charge >= 0.3 is 0 Å². The van der Waals surface area contributed by atoms with Crippen molar-refractivity contribution in [1.82, 2.24) is 14.7 Å². The molecule has 1 aromatic heterocycles. The number of nitrogens with zero attached hydrogens (tertiary/aromatic N) is 3. The first kappa shape index (κ1) is 19.8. The van der Waals surface area contributed by atoms with E-state index in [0.29, 0.717) is 18.7 Å². The number of benzene rings is 2. The van der Waals surface area contributed by atoms with Gasteiger partial charge in [-0.05, 0) is 30.0 Å². The van der Waals surface area contributed by atoms with Crippen LogP contribution in [-0.4, -0.2) is 39.5 Å². The number of hydrogen-bond acceptors (Lipinski definition) is 4. The fourth-order valence-corrected chi connectivity index (χ4v) is 3.85. The molecule has 1 aliphatic heterocycles. The molecule has 0 aliphatic carbocycles. The summed E-state index contributed by atoms with van der Waals surface area (Å²) in [6.45, 7) is 0.947. The number of carbonyl (C=O) groups is 2. The molecule has 3 aromatic rings. The Labute approximate surface area is 174 Å². The zero-order chi connectivity index (χ0) is 21.1. The molecule has 30 heavy (non-hydrogen) atoms. The third-order valence-corrected chi connectivity index (χ3v) is 5.54. The Morgan fingerprint density at radius 1 is 0.933 bits per heavy atom. The van der Waals surface area contributed by atoms with Crippen LogP contribution in [0.3, 0.4) is 0 Å². The monoisotopic (exact) mass is 401 g/mol. The highest BCUT2D eigenvalue weighted by atomic mass is 16.2. The minimum atomic E-state index is -0.266. The van der Waals surface area contributed by atoms with E-state index in [2.05, 4.69) is 5.10 Å². The highest BCUT2D eigenvalue weighted by molar-refractivity contribution is 5.99. The quantitative estimate of drug-likeness (QED) is 0.630. The average Bonchev–Trinajstić information content (AvgIpc) is 2.80. The summed E-state index contributed by atoms with van der Waals surface area (Å²) in [5.41, 5.74) is 2.79. The SMILES string of the molecule is Cn1nc(C(=O)N2CCC[C@H](C(=O)c3ccc(-c4ccccc4)cc3)C2)ccc1=O. The number of piperidine rings is 1. The maximum Gasteiger partial charge on any atom is 0.274 e. The third-order valence-electron chi connectivity index (χ3n) is 5.54. The molecule has 1 aliphatic rings. The number of aryl methyl sites for hydroxylation is 1. The van der Waals surface area contributed by atoms with Crippen molar-refractivity contribution in [2.75, 3.05) is 13.1 Å². The molecule has 4 rings (SSSR count). The van der Waals surface area contributed by atoms with E-state index < -0.39 is 0 Å². The average molecular weight is 401 g/mol. The van der Waals surface area contributed by atoms with E-state index in [1.165, 1.54) is 19.2 Å². The van der Waals surface area contributed by atoms with Crippen molar-refractivity contribution in [3.8, 4) is 11.1 Å². The first-order valence-electron chi connectivity index (χ1n) is 10.1. The van der Waals surface area contributed by atoms with Crippen LogP contribution >= 0.6 is 0 Å². The summed E-state index contributed by atoms with van der Waals surface area (Å²) < 4.78 is 1.15. The van der Waals surface area contributed by atoms with Crippen LogP contribution in [0.15, 0.2) is 71.5 Å². The van der Waals surface area contributed by atoms with Gasteiger partial charge in [-0.2, -0.15) is 5.10 Å². The van der Waals surface area contributed by atoms with Gasteiger partial charge in [-0.1, -0.05) is 54.6 Å². The normalized spacial score (nSPS) is 16.3. The molecule has 0 unspecified atom stereocenters. The minimum absolute atomic E-state index is 0.0560. The molecule has 2 heterocycles. The predicted molar refractivity (Wildman–Crippen MR) is 114 cm³/mol. The standard InChI is InChI=1S/C24H23N3O3/c1-26-22(28)14-13-21(25-26)24(30)27-15-5-8-20(16-27)23(29)19-11-9-18(10-12-19)17-6-3-2-4-7-17/h2-4,6-7,9-14,20H,5,8,15-16H2,1H3/t20-/m0/s1. The van der Waals surface area contributed by atoms with Gasteiger partial charge in [-0.25, -0.2) is 4.68 Å². The number of rotatable bonds is 4. The molecule has 1 fully saturated rings. The van der Waals surface area contributed by atoms with Crippen molar-refractivity contribution < 1.29 is 9.59 Å². The molecule has 0 spiro atoms. The summed E-state index contributed by atoms with van der Waals surface area (Å²) in [5.74, 6) is -0.430. The molecule has 152 valence electrons. The van der Waals surface area contributed by atoms with Crippen molar-refractivity contribution in [3.05, 3.63) is 88.3 Å². The van der Waals surface area contributed by atoms with Crippen LogP contribution in [-0.2, 0) is 7.05 Å². The molecule has 0 saturated carbocycles. The van der Waals surface area contributed by atoms with Gasteiger partial charge in [0.25, 0.3) is 11.5 Å². The van der Waals surface area contributed by atoms with Crippen LogP contribution < -0.4 is 5.56 Å². The Hall–Kier alpha value is -3.54. The molecule has 1 saturated heterocycles. The van der Waals surface area contributed by atoms with Crippen molar-refractivity contribution in [3.63, 3.8) is 0 Å². The zero-order valence-corrected chi connectivity index (χ0v) is 16.8. The zero-order valence-electron chi connectivity index (χ0n) is 16.8. The summed E-state index contributed by atoms with van der Waals surface area (Å²) in [6, 6.07) is 20.4. The lowest BCUT2D eigenvalue weighted by Crippen LogP contribution is -2.43. The van der Waals surface area contributed by atoms with Crippen molar-refractivity contribution in [1.29, 1.82) is 0 Å². The molecular weight excluding hydrogens is 378 g/mol. The Morgan fingerprint density at radius 3 is 2.33 bits per heavy atom. The summed E-state index contributed by atoms with van der Waals surface area (Å²) in [7, 11) is 1.51. The van der Waals surface area contributed by atoms with Gasteiger partial charge in [-0.15, -0.1) is 0 Å². The van der Waals surface area contributed by atoms with Crippen molar-refractivity contribution in [2.45, 2.75) is 12.8 Å². The van der Waals surface area contributed by atoms with E-state index in [1.54, 1.807) is 4.90 Å². The van der Waals surface area contributed by atoms with Gasteiger partial charge in [0.1, 0.15) is 5.69 Å². The van der Waals surface area contributed by atoms with Gasteiger partial charge in [-0.3, -0.25) is 14.4 Å². The van der Waals surface area contributed by atoms with Gasteiger partial charge < -0.3 is 4.90 Å². The second kappa shape index (κ2) is 8.45. The van der Waals surface area contributed by atoms with E-state index in [-0.39, 0.29) is 28.9 Å². The first-order chi connectivity index (χ1) is 14.5. The minimum Gasteiger partial charge on any atom is -0.337 e. The molecular formula is C24H23N3O3. The number of hydrogen-bond donors (Lipinski definition) is 0. The largest absolute Gasteiger partial charge is 0.337 e. The van der Waals surface area contributed by atoms with Crippen LogP contribution in [0.25, 0.3) is 11.1 Å². The number of amides is 1. The second-order valence-corrected chi connectivity index (χ2v) is 7.58. The molecule has 6 nitrogen and oxygen atoms in total. The Morgan fingerprint density at radius 2 is 1.63 bits per heavy atom. The highest BCUT2D eigenvalue weighted by Gasteiger charge is 2.30. The maximum absolute atomic E-state index is 13.1.